The van der Waals surface area contributed by atoms with Crippen LogP contribution in [0.25, 0.3) is 0 Å². The van der Waals surface area contributed by atoms with Crippen molar-refractivity contribution in [2.24, 2.45) is 0 Å². The van der Waals surface area contributed by atoms with Crippen LogP contribution in [-0.4, -0.2) is 86.0 Å². The molecule has 0 saturated heterocycles. The zero-order valence-corrected chi connectivity index (χ0v) is 22.7. The molecule has 0 bridgehead atoms. The van der Waals surface area contributed by atoms with E-state index in [4.69, 9.17) is 33.1 Å². The lowest BCUT2D eigenvalue weighted by Gasteiger charge is -2.21. The highest BCUT2D eigenvalue weighted by molar-refractivity contribution is 7.39. The smallest absolute Gasteiger partial charge is 0.391 e. The van der Waals surface area contributed by atoms with Crippen molar-refractivity contribution < 1.29 is 47.3 Å². The van der Waals surface area contributed by atoms with Crippen molar-refractivity contribution in [3.8, 4) is 0 Å². The summed E-state index contributed by atoms with van der Waals surface area (Å²) in [6.45, 7) is 11.1. The summed E-state index contributed by atoms with van der Waals surface area (Å²) in [4.78, 5) is 0. The Kier molecular flexibility index (Phi) is 20.0. The second-order valence-electron chi connectivity index (χ2n) is 8.35. The summed E-state index contributed by atoms with van der Waals surface area (Å²) in [6, 6.07) is 0. The van der Waals surface area contributed by atoms with Gasteiger partial charge in [0.1, 0.15) is 13.2 Å². The van der Waals surface area contributed by atoms with Gasteiger partial charge in [-0.05, 0) is 69.9 Å². The molecule has 0 spiro atoms. The summed E-state index contributed by atoms with van der Waals surface area (Å²) in [5, 5.41) is 18.9. The number of hydrogen-bond donors (Lipinski definition) is 2. The van der Waals surface area contributed by atoms with Crippen molar-refractivity contribution in [3.63, 3.8) is 0 Å². The van der Waals surface area contributed by atoms with E-state index in [2.05, 4.69) is 0 Å². The molecule has 0 heterocycles. The number of aliphatic hydroxyl groups is 2. The lowest BCUT2D eigenvalue weighted by atomic mass is 10.3. The molecule has 0 fully saturated rings. The Morgan fingerprint density at radius 3 is 1.73 bits per heavy atom. The van der Waals surface area contributed by atoms with Gasteiger partial charge >= 0.3 is 16.1 Å². The van der Waals surface area contributed by atoms with Gasteiger partial charge in [-0.3, -0.25) is 0 Å². The molecule has 0 rings (SSSR count). The normalized spacial score (nSPS) is 16.7. The van der Waals surface area contributed by atoms with Crippen molar-refractivity contribution in [1.29, 1.82) is 0 Å². The van der Waals surface area contributed by atoms with Gasteiger partial charge in [-0.1, -0.05) is 0 Å². The van der Waals surface area contributed by atoms with Crippen LogP contribution in [0.2, 0.25) is 0 Å². The van der Waals surface area contributed by atoms with E-state index in [0.717, 1.165) is 6.42 Å². The van der Waals surface area contributed by atoms with Crippen LogP contribution in [0.5, 0.6) is 0 Å². The second-order valence-corrected chi connectivity index (χ2v) is 11.1. The summed E-state index contributed by atoms with van der Waals surface area (Å²) in [6.07, 6.45) is 0.0341. The van der Waals surface area contributed by atoms with Gasteiger partial charge in [0.05, 0.1) is 31.0 Å². The average Bonchev–Trinajstić information content (AvgIpc) is 2.71. The Hall–Kier alpha value is -0.120. The first-order valence-electron chi connectivity index (χ1n) is 11.5. The quantitative estimate of drug-likeness (QED) is 0.123. The Balaban J connectivity index is 3.96. The lowest BCUT2D eigenvalue weighted by molar-refractivity contribution is -0.226. The number of unbranched alkanes of at least 4 members (excludes halogenated alkanes) is 2. The third kappa shape index (κ3) is 22.1. The van der Waals surface area contributed by atoms with Crippen LogP contribution in [0.3, 0.4) is 0 Å². The van der Waals surface area contributed by atoms with E-state index in [0.29, 0.717) is 25.2 Å². The van der Waals surface area contributed by atoms with Gasteiger partial charge in [-0.2, -0.15) is 0 Å². The van der Waals surface area contributed by atoms with Crippen LogP contribution in [0, 0.1) is 0 Å². The van der Waals surface area contributed by atoms with E-state index in [1.165, 1.54) is 0 Å². The second kappa shape index (κ2) is 20.1. The third-order valence-electron chi connectivity index (χ3n) is 3.89. The van der Waals surface area contributed by atoms with Gasteiger partial charge in [-0.25, -0.2) is 0 Å². The zero-order valence-electron chi connectivity index (χ0n) is 20.9. The summed E-state index contributed by atoms with van der Waals surface area (Å²) < 4.78 is 56.3. The number of hydrogen-bond acceptors (Lipinski definition) is 10. The van der Waals surface area contributed by atoms with Gasteiger partial charge in [0.25, 0.3) is 0 Å². The highest BCUT2D eigenvalue weighted by Gasteiger charge is 2.24. The molecule has 6 unspecified atom stereocenters. The molecule has 196 valence electrons. The lowest BCUT2D eigenvalue weighted by Crippen LogP contribution is -2.31. The average molecular weight is 519 g/mol. The largest absolute Gasteiger partial charge is 0.508 e. The summed E-state index contributed by atoms with van der Waals surface area (Å²) in [7, 11) is -3.65. The van der Waals surface area contributed by atoms with Crippen LogP contribution >= 0.6 is 16.1 Å². The number of ether oxygens (including phenoxy) is 4. The molecule has 0 aromatic heterocycles. The van der Waals surface area contributed by atoms with E-state index >= 15 is 0 Å². The molecule has 10 nitrogen and oxygen atoms in total. The fraction of sp³-hybridized carbons (Fsp3) is 1.00. The summed E-state index contributed by atoms with van der Waals surface area (Å²) >= 11 is 0. The van der Waals surface area contributed by atoms with Gasteiger partial charge in [-0.15, -0.1) is 9.05 Å². The van der Waals surface area contributed by atoms with Crippen LogP contribution in [0.1, 0.15) is 60.8 Å². The molecular weight excluding hydrogens is 474 g/mol. The van der Waals surface area contributed by atoms with Crippen LogP contribution in [0.15, 0.2) is 0 Å². The molecule has 0 saturated carbocycles. The molecule has 0 amide bonds. The predicted molar refractivity (Wildman–Crippen MR) is 126 cm³/mol. The predicted octanol–water partition coefficient (Wildman–Crippen LogP) is 3.97. The van der Waals surface area contributed by atoms with Crippen molar-refractivity contribution in [3.05, 3.63) is 0 Å². The first-order chi connectivity index (χ1) is 15.5. The Labute approximate surface area is 200 Å². The molecule has 0 aliphatic rings. The molecule has 0 aromatic carbocycles. The molecule has 2 N–H and O–H groups in total. The third-order valence-corrected chi connectivity index (χ3v) is 6.13. The van der Waals surface area contributed by atoms with E-state index in [1.54, 1.807) is 27.7 Å². The molecule has 0 radical (unpaired) electrons. The van der Waals surface area contributed by atoms with Crippen molar-refractivity contribution >= 4 is 16.1 Å². The van der Waals surface area contributed by atoms with E-state index in [1.807, 2.05) is 13.8 Å². The maximum absolute atomic E-state index is 12.1. The molecule has 0 aromatic rings. The first-order valence-corrected chi connectivity index (χ1v) is 14.3. The number of rotatable bonds is 22. The minimum absolute atomic E-state index is 0.0171. The topological polar surface area (TPSA) is 130 Å². The first kappa shape index (κ1) is 32.9. The van der Waals surface area contributed by atoms with Crippen molar-refractivity contribution in [2.45, 2.75) is 97.8 Å². The zero-order chi connectivity index (χ0) is 25.2. The SMILES string of the molecule is CC(O)COC(C)CO[P+](=O)CCCCC[P+](=O)OCC(OCC(O)OC(C)C)OC(C)C. The fourth-order valence-corrected chi connectivity index (χ4v) is 4.33. The van der Waals surface area contributed by atoms with E-state index in [9.17, 15) is 14.2 Å². The van der Waals surface area contributed by atoms with Gasteiger partial charge < -0.3 is 29.2 Å². The Morgan fingerprint density at radius 2 is 1.21 bits per heavy atom. The molecule has 0 aliphatic heterocycles. The van der Waals surface area contributed by atoms with Gasteiger partial charge in [0, 0.05) is 0 Å². The molecule has 33 heavy (non-hydrogen) atoms. The van der Waals surface area contributed by atoms with Crippen molar-refractivity contribution in [1.82, 2.24) is 0 Å². The van der Waals surface area contributed by atoms with Gasteiger partial charge in [0.15, 0.2) is 31.5 Å². The fourth-order valence-electron chi connectivity index (χ4n) is 2.44. The summed E-state index contributed by atoms with van der Waals surface area (Å²) in [5.74, 6) is 0. The summed E-state index contributed by atoms with van der Waals surface area (Å²) in [5.41, 5.74) is 0. The molecular formula is C21H44O10P2+2. The van der Waals surface area contributed by atoms with E-state index < -0.39 is 34.7 Å². The van der Waals surface area contributed by atoms with Crippen LogP contribution in [-0.2, 0) is 37.1 Å². The maximum Gasteiger partial charge on any atom is 0.508 e. The van der Waals surface area contributed by atoms with E-state index in [-0.39, 0.29) is 44.7 Å². The standard InChI is InChI=1S/C21H44O10P2/c1-16(2)30-20(23)14-27-21(31-17(3)4)15-29-33(25)11-9-7-8-10-32(24)28-13-19(6)26-12-18(5)22/h16-23H,7-15H2,1-6H3/q+2. The molecule has 0 aliphatic carbocycles. The van der Waals surface area contributed by atoms with Crippen LogP contribution in [0.4, 0.5) is 0 Å². The molecule has 6 atom stereocenters. The molecule has 12 heteroatoms. The van der Waals surface area contributed by atoms with Gasteiger partial charge in [0.2, 0.25) is 0 Å². The van der Waals surface area contributed by atoms with Crippen LogP contribution < -0.4 is 0 Å². The number of aliphatic hydroxyl groups excluding tert-OH is 2. The Bertz CT molecular complexity index is 519. The highest BCUT2D eigenvalue weighted by Crippen LogP contribution is 2.28. The minimum atomic E-state index is -1.88. The monoisotopic (exact) mass is 518 g/mol. The Morgan fingerprint density at radius 1 is 0.667 bits per heavy atom. The maximum atomic E-state index is 12.1. The minimum Gasteiger partial charge on any atom is -0.391 e. The highest BCUT2D eigenvalue weighted by atomic mass is 31.1. The van der Waals surface area contributed by atoms with Crippen molar-refractivity contribution in [2.75, 3.05) is 38.8 Å².